The van der Waals surface area contributed by atoms with E-state index in [2.05, 4.69) is 6.08 Å². The zero-order chi connectivity index (χ0) is 7.94. The first-order chi connectivity index (χ1) is 5.43. The molecule has 1 aliphatic heterocycles. The van der Waals surface area contributed by atoms with E-state index < -0.39 is 0 Å². The molecule has 0 fully saturated rings. The highest BCUT2D eigenvalue weighted by atomic mass is 16.5. The zero-order valence-corrected chi connectivity index (χ0v) is 6.88. The van der Waals surface area contributed by atoms with Crippen LogP contribution in [-0.4, -0.2) is 18.3 Å². The number of rotatable bonds is 4. The van der Waals surface area contributed by atoms with E-state index in [0.29, 0.717) is 6.61 Å². The minimum Gasteiger partial charge on any atom is -0.498 e. The van der Waals surface area contributed by atoms with Crippen molar-refractivity contribution >= 4 is 0 Å². The predicted molar refractivity (Wildman–Crippen MR) is 44.2 cm³/mol. The van der Waals surface area contributed by atoms with E-state index in [1.807, 2.05) is 0 Å². The molecular weight excluding hydrogens is 140 g/mol. The standard InChI is InChI=1S/C9H16O2/c10-7-3-1-5-9-6-2-4-8-11-9/h6,10H,1-5,7-8H2. The molecule has 0 saturated carbocycles. The fourth-order valence-electron chi connectivity index (χ4n) is 1.19. The Balaban J connectivity index is 2.09. The van der Waals surface area contributed by atoms with Crippen LogP contribution in [0.3, 0.4) is 0 Å². The molecule has 2 nitrogen and oxygen atoms in total. The lowest BCUT2D eigenvalue weighted by Gasteiger charge is -2.14. The number of unbranched alkanes of at least 4 members (excludes halogenated alkanes) is 1. The quantitative estimate of drug-likeness (QED) is 0.629. The first-order valence-electron chi connectivity index (χ1n) is 4.36. The van der Waals surface area contributed by atoms with Crippen molar-refractivity contribution in [2.45, 2.75) is 32.1 Å². The minimum atomic E-state index is 0.299. The van der Waals surface area contributed by atoms with Crippen LogP contribution in [0, 0.1) is 0 Å². The van der Waals surface area contributed by atoms with Gasteiger partial charge in [0.25, 0.3) is 0 Å². The maximum Gasteiger partial charge on any atom is 0.0920 e. The van der Waals surface area contributed by atoms with Crippen molar-refractivity contribution in [3.05, 3.63) is 11.8 Å². The third-order valence-corrected chi connectivity index (χ3v) is 1.84. The van der Waals surface area contributed by atoms with Crippen LogP contribution in [0.5, 0.6) is 0 Å². The molecule has 0 aromatic heterocycles. The summed E-state index contributed by atoms with van der Waals surface area (Å²) < 4.78 is 5.40. The second kappa shape index (κ2) is 5.19. The van der Waals surface area contributed by atoms with Crippen LogP contribution in [0.25, 0.3) is 0 Å². The molecule has 0 atom stereocenters. The summed E-state index contributed by atoms with van der Waals surface area (Å²) in [5.41, 5.74) is 0. The average Bonchev–Trinajstić information content (AvgIpc) is 2.07. The molecular formula is C9H16O2. The number of hydrogen-bond acceptors (Lipinski definition) is 2. The Morgan fingerprint density at radius 3 is 3.00 bits per heavy atom. The van der Waals surface area contributed by atoms with Crippen molar-refractivity contribution in [1.29, 1.82) is 0 Å². The van der Waals surface area contributed by atoms with E-state index >= 15 is 0 Å². The summed E-state index contributed by atoms with van der Waals surface area (Å²) >= 11 is 0. The highest BCUT2D eigenvalue weighted by Crippen LogP contribution is 2.15. The topological polar surface area (TPSA) is 29.5 Å². The van der Waals surface area contributed by atoms with E-state index in [1.165, 1.54) is 0 Å². The van der Waals surface area contributed by atoms with E-state index in [-0.39, 0.29) is 0 Å². The van der Waals surface area contributed by atoms with E-state index in [9.17, 15) is 0 Å². The third-order valence-electron chi connectivity index (χ3n) is 1.84. The van der Waals surface area contributed by atoms with E-state index in [0.717, 1.165) is 44.5 Å². The van der Waals surface area contributed by atoms with Crippen LogP contribution >= 0.6 is 0 Å². The Morgan fingerprint density at radius 2 is 2.36 bits per heavy atom. The Hall–Kier alpha value is -0.500. The van der Waals surface area contributed by atoms with Crippen LogP contribution in [-0.2, 0) is 4.74 Å². The summed E-state index contributed by atoms with van der Waals surface area (Å²) in [4.78, 5) is 0. The van der Waals surface area contributed by atoms with Gasteiger partial charge >= 0.3 is 0 Å². The first-order valence-corrected chi connectivity index (χ1v) is 4.36. The van der Waals surface area contributed by atoms with Gasteiger partial charge in [0, 0.05) is 13.0 Å². The smallest absolute Gasteiger partial charge is 0.0920 e. The number of hydrogen-bond donors (Lipinski definition) is 1. The van der Waals surface area contributed by atoms with Crippen LogP contribution < -0.4 is 0 Å². The Kier molecular flexibility index (Phi) is 4.06. The van der Waals surface area contributed by atoms with Gasteiger partial charge in [0.2, 0.25) is 0 Å². The van der Waals surface area contributed by atoms with Gasteiger partial charge in [0.05, 0.1) is 12.4 Å². The predicted octanol–water partition coefficient (Wildman–Crippen LogP) is 1.84. The molecule has 2 heteroatoms. The van der Waals surface area contributed by atoms with Crippen molar-refractivity contribution < 1.29 is 9.84 Å². The summed E-state index contributed by atoms with van der Waals surface area (Å²) in [5.74, 6) is 1.13. The highest BCUT2D eigenvalue weighted by molar-refractivity contribution is 4.95. The number of ether oxygens (including phenoxy) is 1. The molecule has 0 aromatic carbocycles. The number of aliphatic hydroxyl groups excluding tert-OH is 1. The Morgan fingerprint density at radius 1 is 1.45 bits per heavy atom. The molecule has 1 heterocycles. The molecule has 1 rings (SSSR count). The van der Waals surface area contributed by atoms with Gasteiger partial charge in [-0.1, -0.05) is 0 Å². The average molecular weight is 156 g/mol. The molecule has 0 radical (unpaired) electrons. The third kappa shape index (κ3) is 3.42. The number of aliphatic hydroxyl groups is 1. The van der Waals surface area contributed by atoms with E-state index in [4.69, 9.17) is 9.84 Å². The molecule has 0 saturated heterocycles. The number of allylic oxidation sites excluding steroid dienone is 2. The molecule has 0 aliphatic carbocycles. The largest absolute Gasteiger partial charge is 0.498 e. The monoisotopic (exact) mass is 156 g/mol. The molecule has 64 valence electrons. The van der Waals surface area contributed by atoms with E-state index in [1.54, 1.807) is 0 Å². The van der Waals surface area contributed by atoms with Gasteiger partial charge in [-0.05, 0) is 31.8 Å². The Labute approximate surface area is 67.9 Å². The van der Waals surface area contributed by atoms with Gasteiger partial charge < -0.3 is 9.84 Å². The molecule has 0 spiro atoms. The molecule has 1 aliphatic rings. The molecule has 0 amide bonds. The van der Waals surface area contributed by atoms with Gasteiger partial charge in [-0.15, -0.1) is 0 Å². The summed E-state index contributed by atoms with van der Waals surface area (Å²) in [5, 5.41) is 8.54. The minimum absolute atomic E-state index is 0.299. The first kappa shape index (κ1) is 8.60. The lowest BCUT2D eigenvalue weighted by atomic mass is 10.1. The van der Waals surface area contributed by atoms with Crippen LogP contribution in [0.15, 0.2) is 11.8 Å². The summed E-state index contributed by atoms with van der Waals surface area (Å²) in [6.45, 7) is 1.18. The maximum absolute atomic E-state index is 8.54. The highest BCUT2D eigenvalue weighted by Gasteiger charge is 2.02. The lowest BCUT2D eigenvalue weighted by molar-refractivity contribution is 0.180. The van der Waals surface area contributed by atoms with Crippen molar-refractivity contribution in [2.24, 2.45) is 0 Å². The van der Waals surface area contributed by atoms with Crippen LogP contribution in [0.4, 0.5) is 0 Å². The van der Waals surface area contributed by atoms with Gasteiger partial charge in [0.15, 0.2) is 0 Å². The van der Waals surface area contributed by atoms with Gasteiger partial charge in [-0.25, -0.2) is 0 Å². The molecule has 1 N–H and O–H groups in total. The second-order valence-electron chi connectivity index (χ2n) is 2.84. The van der Waals surface area contributed by atoms with Gasteiger partial charge in [-0.2, -0.15) is 0 Å². The fourth-order valence-corrected chi connectivity index (χ4v) is 1.19. The van der Waals surface area contributed by atoms with Crippen molar-refractivity contribution in [1.82, 2.24) is 0 Å². The maximum atomic E-state index is 8.54. The van der Waals surface area contributed by atoms with Crippen molar-refractivity contribution in [3.8, 4) is 0 Å². The summed E-state index contributed by atoms with van der Waals surface area (Å²) in [6, 6.07) is 0. The Bertz CT molecular complexity index is 130. The van der Waals surface area contributed by atoms with Crippen molar-refractivity contribution in [2.75, 3.05) is 13.2 Å². The van der Waals surface area contributed by atoms with Crippen molar-refractivity contribution in [3.63, 3.8) is 0 Å². The molecule has 0 unspecified atom stereocenters. The molecule has 0 aromatic rings. The summed E-state index contributed by atoms with van der Waals surface area (Å²) in [7, 11) is 0. The zero-order valence-electron chi connectivity index (χ0n) is 6.88. The summed E-state index contributed by atoms with van der Waals surface area (Å²) in [6.07, 6.45) is 7.42. The second-order valence-corrected chi connectivity index (χ2v) is 2.84. The lowest BCUT2D eigenvalue weighted by Crippen LogP contribution is -2.01. The molecule has 0 bridgehead atoms. The molecule has 11 heavy (non-hydrogen) atoms. The SMILES string of the molecule is OCCCCC1=CCCCO1. The fraction of sp³-hybridized carbons (Fsp3) is 0.778. The van der Waals surface area contributed by atoms with Gasteiger partial charge in [0.1, 0.15) is 0 Å². The normalized spacial score (nSPS) is 17.4. The van der Waals surface area contributed by atoms with Gasteiger partial charge in [-0.3, -0.25) is 0 Å². The van der Waals surface area contributed by atoms with Crippen LogP contribution in [0.2, 0.25) is 0 Å². The van der Waals surface area contributed by atoms with Crippen LogP contribution in [0.1, 0.15) is 32.1 Å².